The van der Waals surface area contributed by atoms with Gasteiger partial charge in [-0.3, -0.25) is 4.79 Å². The molecule has 2 saturated heterocycles. The smallest absolute Gasteiger partial charge is 0.319 e. The number of anilines is 1. The number of para-hydroxylation sites is 1. The van der Waals surface area contributed by atoms with E-state index in [0.29, 0.717) is 6.04 Å². The van der Waals surface area contributed by atoms with Gasteiger partial charge in [0.25, 0.3) is 0 Å². The molecule has 3 rings (SSSR count). The van der Waals surface area contributed by atoms with Crippen LogP contribution in [0.25, 0.3) is 0 Å². The summed E-state index contributed by atoms with van der Waals surface area (Å²) < 4.78 is 0. The minimum atomic E-state index is -0.340. The molecule has 2 N–H and O–H groups in total. The van der Waals surface area contributed by atoms with Gasteiger partial charge in [0.15, 0.2) is 0 Å². The summed E-state index contributed by atoms with van der Waals surface area (Å²) in [5.41, 5.74) is 0.720. The third-order valence-corrected chi connectivity index (χ3v) is 5.05. The average Bonchev–Trinajstić information content (AvgIpc) is 3.14. The van der Waals surface area contributed by atoms with Crippen molar-refractivity contribution >= 4 is 17.6 Å². The number of likely N-dealkylation sites (tertiary alicyclic amines) is 2. The van der Waals surface area contributed by atoms with E-state index in [1.165, 1.54) is 19.3 Å². The fraction of sp³-hybridized carbons (Fsp3) is 0.579. The largest absolute Gasteiger partial charge is 0.337 e. The summed E-state index contributed by atoms with van der Waals surface area (Å²) in [6.07, 6.45) is 5.84. The van der Waals surface area contributed by atoms with Crippen molar-refractivity contribution < 1.29 is 9.59 Å². The molecule has 2 fully saturated rings. The van der Waals surface area contributed by atoms with Crippen molar-refractivity contribution in [2.75, 3.05) is 38.0 Å². The highest BCUT2D eigenvalue weighted by Crippen LogP contribution is 2.20. The van der Waals surface area contributed by atoms with Crippen molar-refractivity contribution in [1.29, 1.82) is 0 Å². The number of hydrogen-bond donors (Lipinski definition) is 2. The highest BCUT2D eigenvalue weighted by Gasteiger charge is 2.29. The maximum atomic E-state index is 12.6. The van der Waals surface area contributed by atoms with E-state index in [4.69, 9.17) is 0 Å². The van der Waals surface area contributed by atoms with Gasteiger partial charge < -0.3 is 20.4 Å². The van der Waals surface area contributed by atoms with Crippen LogP contribution in [0.3, 0.4) is 0 Å². The van der Waals surface area contributed by atoms with E-state index in [1.807, 2.05) is 35.2 Å². The number of piperidine rings is 1. The summed E-state index contributed by atoms with van der Waals surface area (Å²) in [5, 5.41) is 5.43. The fourth-order valence-electron chi connectivity index (χ4n) is 3.74. The average molecular weight is 344 g/mol. The molecular formula is C19H28N4O2. The van der Waals surface area contributed by atoms with E-state index >= 15 is 0 Å². The van der Waals surface area contributed by atoms with E-state index in [0.717, 1.165) is 44.7 Å². The molecule has 1 unspecified atom stereocenters. The quantitative estimate of drug-likeness (QED) is 0.861. The molecule has 0 spiro atoms. The number of benzene rings is 1. The number of urea groups is 1. The second-order valence-electron chi connectivity index (χ2n) is 6.92. The lowest BCUT2D eigenvalue weighted by atomic mass is 10.0. The predicted octanol–water partition coefficient (Wildman–Crippen LogP) is 2.28. The van der Waals surface area contributed by atoms with Crippen LogP contribution in [-0.2, 0) is 4.79 Å². The Morgan fingerprint density at radius 2 is 1.72 bits per heavy atom. The lowest BCUT2D eigenvalue weighted by Gasteiger charge is -2.38. The lowest BCUT2D eigenvalue weighted by Crippen LogP contribution is -2.52. The third-order valence-electron chi connectivity index (χ3n) is 5.05. The van der Waals surface area contributed by atoms with Gasteiger partial charge in [-0.1, -0.05) is 18.2 Å². The number of nitrogens with zero attached hydrogens (tertiary/aromatic N) is 2. The van der Waals surface area contributed by atoms with Crippen molar-refractivity contribution in [3.05, 3.63) is 30.3 Å². The van der Waals surface area contributed by atoms with E-state index in [9.17, 15) is 9.59 Å². The van der Waals surface area contributed by atoms with E-state index in [1.54, 1.807) is 0 Å². The van der Waals surface area contributed by atoms with Gasteiger partial charge >= 0.3 is 6.03 Å². The van der Waals surface area contributed by atoms with Crippen molar-refractivity contribution in [2.24, 2.45) is 0 Å². The zero-order chi connectivity index (χ0) is 17.5. The van der Waals surface area contributed by atoms with E-state index in [2.05, 4.69) is 15.5 Å². The standard InChI is InChI=1S/C19H28N4O2/c24-18(14-20-19(25)21-16-8-2-1-3-9-16)23-13-5-4-10-17(23)15-22-11-6-7-12-22/h1-3,8-9,17H,4-7,10-15H2,(H2,20,21,25). The Kier molecular flexibility index (Phi) is 6.28. The molecule has 2 aliphatic heterocycles. The number of amides is 3. The first-order chi connectivity index (χ1) is 12.2. The Bertz CT molecular complexity index is 572. The van der Waals surface area contributed by atoms with Crippen LogP contribution >= 0.6 is 0 Å². The van der Waals surface area contributed by atoms with Gasteiger partial charge in [0.05, 0.1) is 6.54 Å². The van der Waals surface area contributed by atoms with Gasteiger partial charge in [-0.15, -0.1) is 0 Å². The SMILES string of the molecule is O=C(NCC(=O)N1CCCCC1CN1CCCC1)Nc1ccccc1. The minimum absolute atomic E-state index is 0.0205. The molecule has 0 bridgehead atoms. The van der Waals surface area contributed by atoms with Crippen LogP contribution in [0.2, 0.25) is 0 Å². The summed E-state index contributed by atoms with van der Waals surface area (Å²) in [5.74, 6) is 0.0205. The van der Waals surface area contributed by atoms with Gasteiger partial charge in [0, 0.05) is 24.8 Å². The van der Waals surface area contributed by atoms with Crippen molar-refractivity contribution in [3.63, 3.8) is 0 Å². The molecular weight excluding hydrogens is 316 g/mol. The topological polar surface area (TPSA) is 64.7 Å². The van der Waals surface area contributed by atoms with Crippen LogP contribution in [0.5, 0.6) is 0 Å². The van der Waals surface area contributed by atoms with Crippen LogP contribution < -0.4 is 10.6 Å². The van der Waals surface area contributed by atoms with Crippen LogP contribution in [0, 0.1) is 0 Å². The zero-order valence-corrected chi connectivity index (χ0v) is 14.7. The molecule has 1 aromatic carbocycles. The first-order valence-corrected chi connectivity index (χ1v) is 9.34. The molecule has 136 valence electrons. The molecule has 2 aliphatic rings. The summed E-state index contributed by atoms with van der Waals surface area (Å²) in [7, 11) is 0. The maximum absolute atomic E-state index is 12.6. The van der Waals surface area contributed by atoms with Crippen molar-refractivity contribution in [1.82, 2.24) is 15.1 Å². The fourth-order valence-corrected chi connectivity index (χ4v) is 3.74. The Hall–Kier alpha value is -2.08. The summed E-state index contributed by atoms with van der Waals surface area (Å²) in [6, 6.07) is 9.19. The Morgan fingerprint density at radius 1 is 1.00 bits per heavy atom. The summed E-state index contributed by atoms with van der Waals surface area (Å²) in [4.78, 5) is 29.0. The molecule has 2 heterocycles. The van der Waals surface area contributed by atoms with E-state index in [-0.39, 0.29) is 18.5 Å². The van der Waals surface area contributed by atoms with Crippen LogP contribution in [0.15, 0.2) is 30.3 Å². The number of rotatable bonds is 5. The van der Waals surface area contributed by atoms with Gasteiger partial charge in [-0.2, -0.15) is 0 Å². The number of nitrogens with one attached hydrogen (secondary N) is 2. The second-order valence-corrected chi connectivity index (χ2v) is 6.92. The molecule has 3 amide bonds. The molecule has 0 aromatic heterocycles. The monoisotopic (exact) mass is 344 g/mol. The normalized spacial score (nSPS) is 21.1. The van der Waals surface area contributed by atoms with Crippen LogP contribution in [0.4, 0.5) is 10.5 Å². The highest BCUT2D eigenvalue weighted by molar-refractivity contribution is 5.92. The minimum Gasteiger partial charge on any atom is -0.337 e. The molecule has 0 aliphatic carbocycles. The number of carbonyl (C=O) groups is 2. The molecule has 6 heteroatoms. The van der Waals surface area contributed by atoms with Crippen molar-refractivity contribution in [3.8, 4) is 0 Å². The lowest BCUT2D eigenvalue weighted by molar-refractivity contribution is -0.134. The van der Waals surface area contributed by atoms with Gasteiger partial charge in [0.2, 0.25) is 5.91 Å². The Balaban J connectivity index is 1.47. The Morgan fingerprint density at radius 3 is 2.48 bits per heavy atom. The highest BCUT2D eigenvalue weighted by atomic mass is 16.2. The first kappa shape index (κ1) is 17.7. The van der Waals surface area contributed by atoms with Crippen LogP contribution in [-0.4, -0.2) is 60.5 Å². The van der Waals surface area contributed by atoms with Gasteiger partial charge in [-0.05, 0) is 57.3 Å². The predicted molar refractivity (Wildman–Crippen MR) is 98.5 cm³/mol. The molecule has 1 atom stereocenters. The zero-order valence-electron chi connectivity index (χ0n) is 14.7. The summed E-state index contributed by atoms with van der Waals surface area (Å²) in [6.45, 7) is 4.13. The first-order valence-electron chi connectivity index (χ1n) is 9.34. The molecule has 6 nitrogen and oxygen atoms in total. The Labute approximate surface area is 149 Å². The molecule has 25 heavy (non-hydrogen) atoms. The van der Waals surface area contributed by atoms with E-state index < -0.39 is 0 Å². The molecule has 0 radical (unpaired) electrons. The second kappa shape index (κ2) is 8.85. The molecule has 0 saturated carbocycles. The van der Waals surface area contributed by atoms with Gasteiger partial charge in [0.1, 0.15) is 0 Å². The summed E-state index contributed by atoms with van der Waals surface area (Å²) >= 11 is 0. The maximum Gasteiger partial charge on any atom is 0.319 e. The van der Waals surface area contributed by atoms with Crippen molar-refractivity contribution in [2.45, 2.75) is 38.1 Å². The third kappa shape index (κ3) is 5.19. The molecule has 1 aromatic rings. The number of hydrogen-bond acceptors (Lipinski definition) is 3. The van der Waals surface area contributed by atoms with Gasteiger partial charge in [-0.25, -0.2) is 4.79 Å². The van der Waals surface area contributed by atoms with Crippen LogP contribution in [0.1, 0.15) is 32.1 Å². The number of carbonyl (C=O) groups excluding carboxylic acids is 2.